The Morgan fingerprint density at radius 2 is 1.94 bits per heavy atom. The number of rotatable bonds is 3. The van der Waals surface area contributed by atoms with Crippen molar-refractivity contribution < 1.29 is 4.74 Å². The normalized spacial score (nSPS) is 10.4. The monoisotopic (exact) mass is 325 g/mol. The third-order valence-electron chi connectivity index (χ3n) is 2.56. The molecule has 18 heavy (non-hydrogen) atoms. The Kier molecular flexibility index (Phi) is 4.27. The Morgan fingerprint density at radius 1 is 1.17 bits per heavy atom. The van der Waals surface area contributed by atoms with E-state index in [1.54, 1.807) is 12.1 Å². The third-order valence-corrected chi connectivity index (χ3v) is 3.41. The standard InChI is InChI=1S/C14H13BrClNO/c1-9-2-5-13(12(15)6-9)18-14-7-11(16)4-3-10(14)8-17/h2-7H,8,17H2,1H3. The molecular formula is C14H13BrClNO. The molecule has 0 radical (unpaired) electrons. The zero-order valence-electron chi connectivity index (χ0n) is 9.91. The second-order valence-electron chi connectivity index (χ2n) is 3.99. The van der Waals surface area contributed by atoms with Crippen LogP contribution in [0, 0.1) is 6.92 Å². The van der Waals surface area contributed by atoms with Crippen LogP contribution >= 0.6 is 27.5 Å². The quantitative estimate of drug-likeness (QED) is 0.890. The van der Waals surface area contributed by atoms with Crippen LogP contribution in [0.25, 0.3) is 0 Å². The second-order valence-corrected chi connectivity index (χ2v) is 5.28. The van der Waals surface area contributed by atoms with Gasteiger partial charge in [-0.2, -0.15) is 0 Å². The Hall–Kier alpha value is -1.03. The molecule has 0 atom stereocenters. The number of nitrogens with two attached hydrogens (primary N) is 1. The zero-order chi connectivity index (χ0) is 13.1. The van der Waals surface area contributed by atoms with Crippen molar-refractivity contribution in [2.75, 3.05) is 0 Å². The maximum absolute atomic E-state index is 5.97. The molecule has 0 amide bonds. The van der Waals surface area contributed by atoms with Crippen LogP contribution in [0.15, 0.2) is 40.9 Å². The Morgan fingerprint density at radius 3 is 2.61 bits per heavy atom. The molecule has 2 nitrogen and oxygen atoms in total. The van der Waals surface area contributed by atoms with Gasteiger partial charge in [-0.1, -0.05) is 23.7 Å². The molecule has 4 heteroatoms. The van der Waals surface area contributed by atoms with Gasteiger partial charge in [0.05, 0.1) is 4.47 Å². The van der Waals surface area contributed by atoms with Crippen LogP contribution in [-0.4, -0.2) is 0 Å². The first-order valence-electron chi connectivity index (χ1n) is 5.52. The summed E-state index contributed by atoms with van der Waals surface area (Å²) >= 11 is 9.45. The average molecular weight is 327 g/mol. The molecule has 2 rings (SSSR count). The van der Waals surface area contributed by atoms with Gasteiger partial charge in [0.2, 0.25) is 0 Å². The number of aryl methyl sites for hydroxylation is 1. The number of hydrogen-bond acceptors (Lipinski definition) is 2. The van der Waals surface area contributed by atoms with Crippen LogP contribution in [0.3, 0.4) is 0 Å². The van der Waals surface area contributed by atoms with Crippen LogP contribution in [0.1, 0.15) is 11.1 Å². The van der Waals surface area contributed by atoms with E-state index >= 15 is 0 Å². The van der Waals surface area contributed by atoms with Crippen molar-refractivity contribution in [2.24, 2.45) is 5.73 Å². The van der Waals surface area contributed by atoms with Crippen LogP contribution in [0.5, 0.6) is 11.5 Å². The van der Waals surface area contributed by atoms with E-state index in [2.05, 4.69) is 15.9 Å². The minimum atomic E-state index is 0.413. The highest BCUT2D eigenvalue weighted by atomic mass is 79.9. The van der Waals surface area contributed by atoms with E-state index in [4.69, 9.17) is 22.1 Å². The summed E-state index contributed by atoms with van der Waals surface area (Å²) in [7, 11) is 0. The highest BCUT2D eigenvalue weighted by Crippen LogP contribution is 2.33. The highest BCUT2D eigenvalue weighted by Gasteiger charge is 2.07. The number of halogens is 2. The van der Waals surface area contributed by atoms with Crippen molar-refractivity contribution in [3.8, 4) is 11.5 Å². The molecular weight excluding hydrogens is 314 g/mol. The molecule has 0 aliphatic rings. The molecule has 94 valence electrons. The fraction of sp³-hybridized carbons (Fsp3) is 0.143. The van der Waals surface area contributed by atoms with Gasteiger partial charge in [-0.15, -0.1) is 0 Å². The number of hydrogen-bond donors (Lipinski definition) is 1. The van der Waals surface area contributed by atoms with Gasteiger partial charge in [-0.3, -0.25) is 0 Å². The van der Waals surface area contributed by atoms with E-state index in [0.29, 0.717) is 17.3 Å². The molecule has 0 bridgehead atoms. The van der Waals surface area contributed by atoms with Gasteiger partial charge in [-0.25, -0.2) is 0 Å². The maximum Gasteiger partial charge on any atom is 0.141 e. The van der Waals surface area contributed by atoms with E-state index in [-0.39, 0.29) is 0 Å². The molecule has 0 heterocycles. The van der Waals surface area contributed by atoms with Gasteiger partial charge < -0.3 is 10.5 Å². The number of ether oxygens (including phenoxy) is 1. The Labute approximate surface area is 120 Å². The minimum Gasteiger partial charge on any atom is -0.456 e. The van der Waals surface area contributed by atoms with Crippen molar-refractivity contribution in [1.29, 1.82) is 0 Å². The molecule has 0 unspecified atom stereocenters. The minimum absolute atomic E-state index is 0.413. The molecule has 0 spiro atoms. The lowest BCUT2D eigenvalue weighted by molar-refractivity contribution is 0.473. The largest absolute Gasteiger partial charge is 0.456 e. The van der Waals surface area contributed by atoms with Crippen LogP contribution in [0.2, 0.25) is 5.02 Å². The van der Waals surface area contributed by atoms with Gasteiger partial charge in [0.25, 0.3) is 0 Å². The van der Waals surface area contributed by atoms with Crippen molar-refractivity contribution in [3.63, 3.8) is 0 Å². The molecule has 0 aliphatic carbocycles. The van der Waals surface area contributed by atoms with Crippen molar-refractivity contribution in [2.45, 2.75) is 13.5 Å². The highest BCUT2D eigenvalue weighted by molar-refractivity contribution is 9.10. The zero-order valence-corrected chi connectivity index (χ0v) is 12.3. The van der Waals surface area contributed by atoms with Crippen molar-refractivity contribution >= 4 is 27.5 Å². The van der Waals surface area contributed by atoms with E-state index < -0.39 is 0 Å². The van der Waals surface area contributed by atoms with Crippen LogP contribution in [0.4, 0.5) is 0 Å². The first-order chi connectivity index (χ1) is 8.60. The lowest BCUT2D eigenvalue weighted by Gasteiger charge is -2.12. The smallest absolute Gasteiger partial charge is 0.141 e. The van der Waals surface area contributed by atoms with Crippen LogP contribution < -0.4 is 10.5 Å². The first kappa shape index (κ1) is 13.4. The predicted molar refractivity (Wildman–Crippen MR) is 78.3 cm³/mol. The fourth-order valence-corrected chi connectivity index (χ4v) is 2.34. The van der Waals surface area contributed by atoms with Gasteiger partial charge in [0.1, 0.15) is 11.5 Å². The summed E-state index contributed by atoms with van der Waals surface area (Å²) in [6.45, 7) is 2.44. The fourth-order valence-electron chi connectivity index (χ4n) is 1.60. The van der Waals surface area contributed by atoms with E-state index in [0.717, 1.165) is 15.8 Å². The lowest BCUT2D eigenvalue weighted by atomic mass is 10.2. The molecule has 0 saturated heterocycles. The molecule has 0 saturated carbocycles. The van der Waals surface area contributed by atoms with E-state index in [1.807, 2.05) is 31.2 Å². The Bertz CT molecular complexity index is 572. The van der Waals surface area contributed by atoms with E-state index in [9.17, 15) is 0 Å². The topological polar surface area (TPSA) is 35.2 Å². The molecule has 0 aliphatic heterocycles. The number of benzene rings is 2. The third kappa shape index (κ3) is 3.05. The average Bonchev–Trinajstić information content (AvgIpc) is 2.33. The van der Waals surface area contributed by atoms with Crippen molar-refractivity contribution in [1.82, 2.24) is 0 Å². The van der Waals surface area contributed by atoms with E-state index in [1.165, 1.54) is 5.56 Å². The van der Waals surface area contributed by atoms with Gasteiger partial charge >= 0.3 is 0 Å². The predicted octanol–water partition coefficient (Wildman–Crippen LogP) is 4.66. The Balaban J connectivity index is 2.36. The van der Waals surface area contributed by atoms with Crippen LogP contribution in [-0.2, 0) is 6.54 Å². The summed E-state index contributed by atoms with van der Waals surface area (Å²) in [5, 5.41) is 0.630. The first-order valence-corrected chi connectivity index (χ1v) is 6.70. The molecule has 2 aromatic rings. The summed E-state index contributed by atoms with van der Waals surface area (Å²) in [6.07, 6.45) is 0. The molecule has 2 aromatic carbocycles. The summed E-state index contributed by atoms with van der Waals surface area (Å²) in [6, 6.07) is 11.4. The molecule has 0 aromatic heterocycles. The van der Waals surface area contributed by atoms with Gasteiger partial charge in [0, 0.05) is 17.1 Å². The SMILES string of the molecule is Cc1ccc(Oc2cc(Cl)ccc2CN)c(Br)c1. The lowest BCUT2D eigenvalue weighted by Crippen LogP contribution is -1.99. The summed E-state index contributed by atoms with van der Waals surface area (Å²) in [5.74, 6) is 1.44. The second kappa shape index (κ2) is 5.74. The molecule has 2 N–H and O–H groups in total. The van der Waals surface area contributed by atoms with Crippen molar-refractivity contribution in [3.05, 3.63) is 57.0 Å². The maximum atomic E-state index is 5.97. The van der Waals surface area contributed by atoms with Gasteiger partial charge in [0.15, 0.2) is 0 Å². The van der Waals surface area contributed by atoms with Gasteiger partial charge in [-0.05, 0) is 52.7 Å². The summed E-state index contributed by atoms with van der Waals surface area (Å²) < 4.78 is 6.76. The molecule has 0 fully saturated rings. The summed E-state index contributed by atoms with van der Waals surface area (Å²) in [4.78, 5) is 0. The summed E-state index contributed by atoms with van der Waals surface area (Å²) in [5.41, 5.74) is 7.77.